The van der Waals surface area contributed by atoms with Crippen molar-refractivity contribution in [1.82, 2.24) is 9.62 Å². The average molecular weight is 138 g/mol. The van der Waals surface area contributed by atoms with E-state index in [1.165, 1.54) is 39.0 Å². The monoisotopic (exact) mass is 138 g/mol. The number of hydrogen-bond donors (Lipinski definition) is 0. The van der Waals surface area contributed by atoms with Crippen LogP contribution in [0.3, 0.4) is 0 Å². The van der Waals surface area contributed by atoms with Crippen LogP contribution in [0.5, 0.6) is 0 Å². The van der Waals surface area contributed by atoms with Crippen LogP contribution < -0.4 is 0 Å². The third kappa shape index (κ3) is 2.76. The Bertz CT molecular complexity index is 79.7. The van der Waals surface area contributed by atoms with Gasteiger partial charge in [0.1, 0.15) is 0 Å². The molecule has 0 aromatic heterocycles. The molecule has 56 valence electrons. The van der Waals surface area contributed by atoms with E-state index in [4.69, 9.17) is 0 Å². The fraction of sp³-hybridized carbons (Fsp3) is 1.00. The van der Waals surface area contributed by atoms with Gasteiger partial charge in [0.05, 0.1) is 0 Å². The highest BCUT2D eigenvalue weighted by molar-refractivity contribution is 6.05. The Morgan fingerprint density at radius 1 is 0.700 bits per heavy atom. The first kappa shape index (κ1) is 8.15. The van der Waals surface area contributed by atoms with Crippen LogP contribution in [0, 0.1) is 0 Å². The molecule has 0 aromatic rings. The molecule has 2 nitrogen and oxygen atoms in total. The van der Waals surface area contributed by atoms with Crippen molar-refractivity contribution < 1.29 is 0 Å². The minimum absolute atomic E-state index is 1.27. The van der Waals surface area contributed by atoms with Gasteiger partial charge in [0.2, 0.25) is 0 Å². The summed E-state index contributed by atoms with van der Waals surface area (Å²) in [4.78, 5) is 4.85. The fourth-order valence-electron chi connectivity index (χ4n) is 1.44. The molecule has 0 aliphatic carbocycles. The highest BCUT2D eigenvalue weighted by Gasteiger charge is 2.04. The first-order chi connectivity index (χ1) is 4.79. The Balaban J connectivity index is 2.21. The van der Waals surface area contributed by atoms with E-state index in [9.17, 15) is 0 Å². The second-order valence-corrected chi connectivity index (χ2v) is 3.31. The van der Waals surface area contributed by atoms with Crippen LogP contribution in [0.1, 0.15) is 12.8 Å². The van der Waals surface area contributed by atoms with Crippen LogP contribution in [-0.2, 0) is 0 Å². The maximum atomic E-state index is 2.42. The largest absolute Gasteiger partial charge is 0.349 e. The lowest BCUT2D eigenvalue weighted by atomic mass is 10.1. The molecule has 0 N–H and O–H groups in total. The molecule has 0 unspecified atom stereocenters. The standard InChI is InChI=1S/C6H16B2N2/c7-9-3-1-4-10(8)6-2-5-9/h1-8H2. The molecule has 0 saturated carbocycles. The minimum atomic E-state index is 1.27. The zero-order valence-electron chi connectivity index (χ0n) is 7.14. The molecular weight excluding hydrogens is 122 g/mol. The molecule has 1 aliphatic rings. The van der Waals surface area contributed by atoms with E-state index >= 15 is 0 Å². The first-order valence-electron chi connectivity index (χ1n) is 4.16. The van der Waals surface area contributed by atoms with Crippen molar-refractivity contribution in [2.24, 2.45) is 0 Å². The van der Waals surface area contributed by atoms with Crippen molar-refractivity contribution in [3.05, 3.63) is 0 Å². The van der Waals surface area contributed by atoms with E-state index in [2.05, 4.69) is 25.6 Å². The highest BCUT2D eigenvalue weighted by atomic mass is 15.1. The zero-order chi connectivity index (χ0) is 7.40. The van der Waals surface area contributed by atoms with E-state index in [-0.39, 0.29) is 0 Å². The number of hydrogen-bond acceptors (Lipinski definition) is 2. The van der Waals surface area contributed by atoms with E-state index in [1.54, 1.807) is 0 Å². The maximum Gasteiger partial charge on any atom is 0.185 e. The predicted molar refractivity (Wildman–Crippen MR) is 49.5 cm³/mol. The van der Waals surface area contributed by atoms with Gasteiger partial charge < -0.3 is 9.62 Å². The van der Waals surface area contributed by atoms with Crippen LogP contribution in [-0.4, -0.2) is 51.8 Å². The Kier molecular flexibility index (Phi) is 3.29. The molecule has 0 bridgehead atoms. The summed E-state index contributed by atoms with van der Waals surface area (Å²) < 4.78 is 0. The lowest BCUT2D eigenvalue weighted by Gasteiger charge is -2.25. The Hall–Kier alpha value is 0.0499. The molecule has 1 heterocycles. The van der Waals surface area contributed by atoms with Crippen LogP contribution in [0.2, 0.25) is 0 Å². The van der Waals surface area contributed by atoms with Gasteiger partial charge in [-0.25, -0.2) is 0 Å². The average Bonchev–Trinajstić information content (AvgIpc) is 1.84. The van der Waals surface area contributed by atoms with E-state index < -0.39 is 0 Å². The molecule has 0 aromatic carbocycles. The van der Waals surface area contributed by atoms with Crippen LogP contribution in [0.15, 0.2) is 0 Å². The van der Waals surface area contributed by atoms with Crippen LogP contribution in [0.25, 0.3) is 0 Å². The Morgan fingerprint density at radius 3 is 1.30 bits per heavy atom. The van der Waals surface area contributed by atoms with Gasteiger partial charge in [-0.3, -0.25) is 0 Å². The highest BCUT2D eigenvalue weighted by Crippen LogP contribution is 1.97. The number of nitrogens with zero attached hydrogens (tertiary/aromatic N) is 2. The van der Waals surface area contributed by atoms with E-state index in [0.717, 1.165) is 0 Å². The predicted octanol–water partition coefficient (Wildman–Crippen LogP) is -1.52. The van der Waals surface area contributed by atoms with Crippen molar-refractivity contribution in [3.63, 3.8) is 0 Å². The molecule has 1 rings (SSSR count). The maximum absolute atomic E-state index is 2.42. The van der Waals surface area contributed by atoms with Gasteiger partial charge in [-0.05, 0) is 39.0 Å². The summed E-state index contributed by atoms with van der Waals surface area (Å²) in [5.41, 5.74) is 0. The lowest BCUT2D eigenvalue weighted by Crippen LogP contribution is -2.34. The molecular formula is C6H16B2N2. The molecule has 0 atom stereocenters. The molecule has 1 saturated heterocycles. The summed E-state index contributed by atoms with van der Waals surface area (Å²) in [6.07, 6.45) is 2.65. The van der Waals surface area contributed by atoms with Gasteiger partial charge in [-0.15, -0.1) is 0 Å². The van der Waals surface area contributed by atoms with E-state index in [1.807, 2.05) is 0 Å². The summed E-state index contributed by atoms with van der Waals surface area (Å²) >= 11 is 0. The first-order valence-corrected chi connectivity index (χ1v) is 4.16. The quantitative estimate of drug-likeness (QED) is 0.375. The Labute approximate surface area is 65.4 Å². The van der Waals surface area contributed by atoms with Crippen molar-refractivity contribution in [1.29, 1.82) is 0 Å². The third-order valence-corrected chi connectivity index (χ3v) is 2.16. The summed E-state index contributed by atoms with van der Waals surface area (Å²) in [5, 5.41) is 0. The molecule has 0 spiro atoms. The van der Waals surface area contributed by atoms with Gasteiger partial charge in [-0.2, -0.15) is 0 Å². The lowest BCUT2D eigenvalue weighted by molar-refractivity contribution is 0.328. The minimum Gasteiger partial charge on any atom is -0.349 e. The Morgan fingerprint density at radius 2 is 1.00 bits per heavy atom. The van der Waals surface area contributed by atoms with Gasteiger partial charge in [0, 0.05) is 0 Å². The number of rotatable bonds is 0. The molecule has 10 heavy (non-hydrogen) atoms. The van der Waals surface area contributed by atoms with Crippen LogP contribution in [0.4, 0.5) is 0 Å². The third-order valence-electron chi connectivity index (χ3n) is 2.16. The molecule has 4 heteroatoms. The van der Waals surface area contributed by atoms with Gasteiger partial charge >= 0.3 is 0 Å². The van der Waals surface area contributed by atoms with Crippen molar-refractivity contribution in [3.8, 4) is 0 Å². The summed E-state index contributed by atoms with van der Waals surface area (Å²) in [7, 11) is 4.43. The smallest absolute Gasteiger partial charge is 0.185 e. The zero-order valence-corrected chi connectivity index (χ0v) is 7.14. The summed E-state index contributed by atoms with van der Waals surface area (Å²) in [6, 6.07) is 0. The van der Waals surface area contributed by atoms with Crippen molar-refractivity contribution in [2.75, 3.05) is 26.2 Å². The van der Waals surface area contributed by atoms with Crippen molar-refractivity contribution >= 4 is 16.0 Å². The molecule has 1 fully saturated rings. The molecule has 0 amide bonds. The fourth-order valence-corrected chi connectivity index (χ4v) is 1.44. The van der Waals surface area contributed by atoms with Gasteiger partial charge in [-0.1, -0.05) is 0 Å². The normalized spacial score (nSPS) is 25.6. The van der Waals surface area contributed by atoms with Crippen LogP contribution >= 0.6 is 0 Å². The van der Waals surface area contributed by atoms with Crippen molar-refractivity contribution in [2.45, 2.75) is 12.8 Å². The SMILES string of the molecule is BN1CCCN(B)CCC1. The summed E-state index contributed by atoms with van der Waals surface area (Å²) in [6.45, 7) is 5.07. The van der Waals surface area contributed by atoms with Gasteiger partial charge in [0.25, 0.3) is 0 Å². The second-order valence-electron chi connectivity index (χ2n) is 3.31. The molecule has 0 radical (unpaired) electrons. The topological polar surface area (TPSA) is 6.48 Å². The summed E-state index contributed by atoms with van der Waals surface area (Å²) in [5.74, 6) is 0. The molecule has 1 aliphatic heterocycles. The second kappa shape index (κ2) is 4.04. The van der Waals surface area contributed by atoms with Gasteiger partial charge in [0.15, 0.2) is 16.0 Å². The van der Waals surface area contributed by atoms with E-state index in [0.29, 0.717) is 0 Å².